The Labute approximate surface area is 101 Å². The van der Waals surface area contributed by atoms with Crippen LogP contribution in [0.3, 0.4) is 0 Å². The maximum absolute atomic E-state index is 4.64. The summed E-state index contributed by atoms with van der Waals surface area (Å²) in [5.41, 5.74) is 1.15. The molecule has 1 aliphatic rings. The van der Waals surface area contributed by atoms with Crippen LogP contribution in [0.15, 0.2) is 5.38 Å². The molecule has 0 aliphatic carbocycles. The molecule has 0 aromatic carbocycles. The first-order valence-electron chi connectivity index (χ1n) is 5.89. The van der Waals surface area contributed by atoms with Crippen LogP contribution in [-0.2, 0) is 6.54 Å². The van der Waals surface area contributed by atoms with Gasteiger partial charge in [-0.15, -0.1) is 11.3 Å². The fraction of sp³-hybridized carbons (Fsp3) is 0.727. The van der Waals surface area contributed by atoms with Crippen LogP contribution in [0.2, 0.25) is 0 Å². The van der Waals surface area contributed by atoms with Crippen molar-refractivity contribution < 1.29 is 0 Å². The van der Waals surface area contributed by atoms with Gasteiger partial charge in [0.1, 0.15) is 0 Å². The second kappa shape index (κ2) is 5.61. The van der Waals surface area contributed by atoms with Crippen LogP contribution in [0.1, 0.15) is 12.6 Å². The summed E-state index contributed by atoms with van der Waals surface area (Å²) in [6.45, 7) is 8.81. The fourth-order valence-electron chi connectivity index (χ4n) is 1.96. The lowest BCUT2D eigenvalue weighted by Crippen LogP contribution is -2.46. The Morgan fingerprint density at radius 3 is 2.75 bits per heavy atom. The van der Waals surface area contributed by atoms with E-state index in [0.29, 0.717) is 0 Å². The summed E-state index contributed by atoms with van der Waals surface area (Å²) < 4.78 is 0. The standard InChI is InChI=1S/C11H20N4S/c1-3-14-4-6-15(7-5-14)11-13-10(8-12-2)9-16-11/h9,12H,3-8H2,1-2H3. The molecule has 2 heterocycles. The van der Waals surface area contributed by atoms with Crippen molar-refractivity contribution in [1.29, 1.82) is 0 Å². The van der Waals surface area contributed by atoms with E-state index in [9.17, 15) is 0 Å². The Kier molecular flexibility index (Phi) is 4.15. The van der Waals surface area contributed by atoms with Crippen LogP contribution in [0.25, 0.3) is 0 Å². The number of hydrogen-bond donors (Lipinski definition) is 1. The van der Waals surface area contributed by atoms with Gasteiger partial charge in [-0.1, -0.05) is 6.92 Å². The van der Waals surface area contributed by atoms with Gasteiger partial charge in [-0.3, -0.25) is 0 Å². The highest BCUT2D eigenvalue weighted by Gasteiger charge is 2.17. The number of rotatable bonds is 4. The number of aromatic nitrogens is 1. The first-order valence-corrected chi connectivity index (χ1v) is 6.77. The number of hydrogen-bond acceptors (Lipinski definition) is 5. The largest absolute Gasteiger partial charge is 0.346 e. The van der Waals surface area contributed by atoms with Crippen molar-refractivity contribution in [1.82, 2.24) is 15.2 Å². The van der Waals surface area contributed by atoms with Gasteiger partial charge in [0, 0.05) is 38.1 Å². The molecule has 0 radical (unpaired) electrons. The predicted molar refractivity (Wildman–Crippen MR) is 69.2 cm³/mol. The molecule has 0 amide bonds. The van der Waals surface area contributed by atoms with Gasteiger partial charge in [-0.25, -0.2) is 4.98 Å². The van der Waals surface area contributed by atoms with E-state index >= 15 is 0 Å². The number of thiazole rings is 1. The Balaban J connectivity index is 1.92. The molecule has 0 spiro atoms. The van der Waals surface area contributed by atoms with E-state index in [1.807, 2.05) is 7.05 Å². The number of anilines is 1. The Morgan fingerprint density at radius 2 is 2.12 bits per heavy atom. The zero-order valence-electron chi connectivity index (χ0n) is 10.1. The summed E-state index contributed by atoms with van der Waals surface area (Å²) >= 11 is 1.76. The summed E-state index contributed by atoms with van der Waals surface area (Å²) in [7, 11) is 1.96. The van der Waals surface area contributed by atoms with Crippen molar-refractivity contribution in [2.75, 3.05) is 44.7 Å². The van der Waals surface area contributed by atoms with Gasteiger partial charge in [0.25, 0.3) is 0 Å². The van der Waals surface area contributed by atoms with Crippen LogP contribution in [0.5, 0.6) is 0 Å². The Hall–Kier alpha value is -0.650. The fourth-order valence-corrected chi connectivity index (χ4v) is 2.84. The van der Waals surface area contributed by atoms with Gasteiger partial charge in [-0.05, 0) is 13.6 Å². The molecule has 1 N–H and O–H groups in total. The van der Waals surface area contributed by atoms with Gasteiger partial charge < -0.3 is 15.1 Å². The molecule has 1 fully saturated rings. The predicted octanol–water partition coefficient (Wildman–Crippen LogP) is 1.00. The van der Waals surface area contributed by atoms with Gasteiger partial charge >= 0.3 is 0 Å². The molecule has 1 aliphatic heterocycles. The summed E-state index contributed by atoms with van der Waals surface area (Å²) in [4.78, 5) is 9.52. The second-order valence-electron chi connectivity index (χ2n) is 4.07. The Morgan fingerprint density at radius 1 is 1.38 bits per heavy atom. The monoisotopic (exact) mass is 240 g/mol. The summed E-state index contributed by atoms with van der Waals surface area (Å²) in [6.07, 6.45) is 0. The number of nitrogens with one attached hydrogen (secondary N) is 1. The molecule has 1 saturated heterocycles. The molecule has 1 aromatic heterocycles. The van der Waals surface area contributed by atoms with Crippen LogP contribution in [-0.4, -0.2) is 49.7 Å². The van der Waals surface area contributed by atoms with Gasteiger partial charge in [0.15, 0.2) is 5.13 Å². The van der Waals surface area contributed by atoms with Crippen molar-refractivity contribution in [3.05, 3.63) is 11.1 Å². The van der Waals surface area contributed by atoms with Crippen molar-refractivity contribution >= 4 is 16.5 Å². The van der Waals surface area contributed by atoms with Gasteiger partial charge in [-0.2, -0.15) is 0 Å². The van der Waals surface area contributed by atoms with Crippen LogP contribution < -0.4 is 10.2 Å². The lowest BCUT2D eigenvalue weighted by atomic mass is 10.3. The zero-order chi connectivity index (χ0) is 11.4. The third-order valence-electron chi connectivity index (χ3n) is 2.99. The minimum Gasteiger partial charge on any atom is -0.346 e. The summed E-state index contributed by atoms with van der Waals surface area (Å²) in [6, 6.07) is 0. The SMILES string of the molecule is CCN1CCN(c2nc(CNC)cs2)CC1. The van der Waals surface area contributed by atoms with Crippen LogP contribution in [0, 0.1) is 0 Å². The summed E-state index contributed by atoms with van der Waals surface area (Å²) in [5.74, 6) is 0. The molecule has 0 saturated carbocycles. The van der Waals surface area contributed by atoms with Crippen molar-refractivity contribution in [3.8, 4) is 0 Å². The highest BCUT2D eigenvalue weighted by atomic mass is 32.1. The highest BCUT2D eigenvalue weighted by Crippen LogP contribution is 2.21. The van der Waals surface area contributed by atoms with E-state index in [1.165, 1.54) is 5.13 Å². The van der Waals surface area contributed by atoms with E-state index < -0.39 is 0 Å². The van der Waals surface area contributed by atoms with Crippen LogP contribution >= 0.6 is 11.3 Å². The zero-order valence-corrected chi connectivity index (χ0v) is 10.9. The molecule has 16 heavy (non-hydrogen) atoms. The topological polar surface area (TPSA) is 31.4 Å². The lowest BCUT2D eigenvalue weighted by molar-refractivity contribution is 0.271. The Bertz CT molecular complexity index is 318. The minimum absolute atomic E-state index is 0.866. The van der Waals surface area contributed by atoms with E-state index in [0.717, 1.165) is 45.0 Å². The first-order chi connectivity index (χ1) is 7.83. The third kappa shape index (κ3) is 2.72. The molecule has 1 aromatic rings. The lowest BCUT2D eigenvalue weighted by Gasteiger charge is -2.33. The highest BCUT2D eigenvalue weighted by molar-refractivity contribution is 7.13. The minimum atomic E-state index is 0.866. The maximum atomic E-state index is 4.64. The quantitative estimate of drug-likeness (QED) is 0.851. The van der Waals surface area contributed by atoms with Crippen molar-refractivity contribution in [2.45, 2.75) is 13.5 Å². The normalized spacial score (nSPS) is 18.0. The molecule has 0 bridgehead atoms. The van der Waals surface area contributed by atoms with Crippen LogP contribution in [0.4, 0.5) is 5.13 Å². The third-order valence-corrected chi connectivity index (χ3v) is 3.94. The first kappa shape index (κ1) is 11.8. The average molecular weight is 240 g/mol. The van der Waals surface area contributed by atoms with Crippen molar-refractivity contribution in [3.63, 3.8) is 0 Å². The molecule has 2 rings (SSSR count). The van der Waals surface area contributed by atoms with Gasteiger partial charge in [0.05, 0.1) is 5.69 Å². The van der Waals surface area contributed by atoms with E-state index in [2.05, 4.69) is 32.4 Å². The summed E-state index contributed by atoms with van der Waals surface area (Å²) in [5, 5.41) is 6.47. The number of likely N-dealkylation sites (N-methyl/N-ethyl adjacent to an activating group) is 1. The maximum Gasteiger partial charge on any atom is 0.185 e. The molecule has 4 nitrogen and oxygen atoms in total. The number of piperazine rings is 1. The molecule has 5 heteroatoms. The van der Waals surface area contributed by atoms with Gasteiger partial charge in [0.2, 0.25) is 0 Å². The van der Waals surface area contributed by atoms with E-state index in [4.69, 9.17) is 0 Å². The second-order valence-corrected chi connectivity index (χ2v) is 4.91. The molecule has 0 unspecified atom stereocenters. The number of nitrogens with zero attached hydrogens (tertiary/aromatic N) is 3. The smallest absolute Gasteiger partial charge is 0.185 e. The molecular formula is C11H20N4S. The van der Waals surface area contributed by atoms with Crippen molar-refractivity contribution in [2.24, 2.45) is 0 Å². The molecule has 90 valence electrons. The molecular weight excluding hydrogens is 220 g/mol. The van der Waals surface area contributed by atoms with E-state index in [-0.39, 0.29) is 0 Å². The van der Waals surface area contributed by atoms with E-state index in [1.54, 1.807) is 11.3 Å². The molecule has 0 atom stereocenters. The average Bonchev–Trinajstić information content (AvgIpc) is 2.78.